The van der Waals surface area contributed by atoms with Crippen molar-refractivity contribution >= 4 is 29.2 Å². The molecular formula is C15H15Cl2NO4. The second-order valence-corrected chi connectivity index (χ2v) is 5.24. The lowest BCUT2D eigenvalue weighted by atomic mass is 10.2. The van der Waals surface area contributed by atoms with Gasteiger partial charge in [0.05, 0.1) is 23.3 Å². The van der Waals surface area contributed by atoms with Crippen LogP contribution in [-0.2, 0) is 11.2 Å². The van der Waals surface area contributed by atoms with Gasteiger partial charge in [0.25, 0.3) is 0 Å². The topological polar surface area (TPSA) is 61.6 Å². The van der Waals surface area contributed by atoms with Crippen LogP contribution in [0.2, 0.25) is 10.0 Å². The van der Waals surface area contributed by atoms with Gasteiger partial charge >= 0.3 is 5.97 Å². The van der Waals surface area contributed by atoms with Gasteiger partial charge in [-0.05, 0) is 25.5 Å². The Morgan fingerprint density at radius 3 is 2.82 bits per heavy atom. The van der Waals surface area contributed by atoms with Gasteiger partial charge in [-0.2, -0.15) is 0 Å². The fourth-order valence-electron chi connectivity index (χ4n) is 1.74. The lowest BCUT2D eigenvalue weighted by Crippen LogP contribution is -2.04. The van der Waals surface area contributed by atoms with Gasteiger partial charge in [0.15, 0.2) is 5.69 Å². The van der Waals surface area contributed by atoms with Crippen molar-refractivity contribution in [2.24, 2.45) is 0 Å². The van der Waals surface area contributed by atoms with E-state index in [1.807, 2.05) is 0 Å². The van der Waals surface area contributed by atoms with Crippen molar-refractivity contribution in [3.63, 3.8) is 0 Å². The van der Waals surface area contributed by atoms with E-state index in [4.69, 9.17) is 37.2 Å². The molecule has 1 aromatic carbocycles. The summed E-state index contributed by atoms with van der Waals surface area (Å²) in [4.78, 5) is 11.4. The summed E-state index contributed by atoms with van der Waals surface area (Å²) in [7, 11) is 0. The number of carbonyl (C=O) groups is 1. The maximum atomic E-state index is 11.4. The highest BCUT2D eigenvalue weighted by Gasteiger charge is 2.13. The van der Waals surface area contributed by atoms with Crippen LogP contribution >= 0.6 is 23.2 Å². The van der Waals surface area contributed by atoms with Crippen molar-refractivity contribution in [3.8, 4) is 5.75 Å². The first-order valence-electron chi connectivity index (χ1n) is 6.80. The third-order valence-corrected chi connectivity index (χ3v) is 3.51. The molecule has 2 aromatic rings. The standard InChI is InChI=1S/C15H15Cl2NO4/c1-2-20-15(19)14-9-11(22-18-14)4-3-7-21-10-5-6-12(16)13(17)8-10/h5-6,8-9H,2-4,7H2,1H3. The normalized spacial score (nSPS) is 10.5. The maximum Gasteiger partial charge on any atom is 0.360 e. The highest BCUT2D eigenvalue weighted by atomic mass is 35.5. The van der Waals surface area contributed by atoms with Crippen molar-refractivity contribution in [2.75, 3.05) is 13.2 Å². The first kappa shape index (κ1) is 16.6. The zero-order valence-electron chi connectivity index (χ0n) is 12.0. The SMILES string of the molecule is CCOC(=O)c1cc(CCCOc2ccc(Cl)c(Cl)c2)on1. The highest BCUT2D eigenvalue weighted by Crippen LogP contribution is 2.26. The second-order valence-electron chi connectivity index (χ2n) is 4.43. The number of esters is 1. The molecule has 0 radical (unpaired) electrons. The lowest BCUT2D eigenvalue weighted by molar-refractivity contribution is 0.0514. The average molecular weight is 344 g/mol. The van der Waals surface area contributed by atoms with Gasteiger partial charge in [-0.1, -0.05) is 28.4 Å². The molecule has 5 nitrogen and oxygen atoms in total. The maximum absolute atomic E-state index is 11.4. The molecule has 7 heteroatoms. The second kappa shape index (κ2) is 8.06. The third-order valence-electron chi connectivity index (χ3n) is 2.77. The number of ether oxygens (including phenoxy) is 2. The predicted octanol–water partition coefficient (Wildman–Crippen LogP) is 4.17. The van der Waals surface area contributed by atoms with Gasteiger partial charge in [0, 0.05) is 18.6 Å². The molecule has 0 aliphatic heterocycles. The fourth-order valence-corrected chi connectivity index (χ4v) is 2.02. The molecule has 0 amide bonds. The van der Waals surface area contributed by atoms with E-state index in [0.29, 0.717) is 47.6 Å². The van der Waals surface area contributed by atoms with Crippen molar-refractivity contribution < 1.29 is 18.8 Å². The van der Waals surface area contributed by atoms with Crippen molar-refractivity contribution in [1.82, 2.24) is 5.16 Å². The molecule has 0 atom stereocenters. The molecule has 0 bridgehead atoms. The number of aromatic nitrogens is 1. The molecule has 0 saturated heterocycles. The summed E-state index contributed by atoms with van der Waals surface area (Å²) in [6.45, 7) is 2.52. The van der Waals surface area contributed by atoms with Crippen LogP contribution in [0.15, 0.2) is 28.8 Å². The Morgan fingerprint density at radius 2 is 2.09 bits per heavy atom. The summed E-state index contributed by atoms with van der Waals surface area (Å²) in [5, 5.41) is 4.61. The van der Waals surface area contributed by atoms with E-state index < -0.39 is 5.97 Å². The Morgan fingerprint density at radius 1 is 1.27 bits per heavy atom. The number of nitrogens with zero attached hydrogens (tertiary/aromatic N) is 1. The van der Waals surface area contributed by atoms with Crippen LogP contribution in [0.5, 0.6) is 5.75 Å². The zero-order valence-corrected chi connectivity index (χ0v) is 13.5. The minimum atomic E-state index is -0.482. The summed E-state index contributed by atoms with van der Waals surface area (Å²) >= 11 is 11.7. The number of aryl methyl sites for hydroxylation is 1. The summed E-state index contributed by atoms with van der Waals surface area (Å²) in [5.74, 6) is 0.782. The van der Waals surface area contributed by atoms with Gasteiger partial charge in [-0.25, -0.2) is 4.79 Å². The molecule has 0 unspecified atom stereocenters. The number of halogens is 2. The first-order chi connectivity index (χ1) is 10.6. The molecule has 0 N–H and O–H groups in total. The van der Waals surface area contributed by atoms with Crippen molar-refractivity contribution in [3.05, 3.63) is 45.8 Å². The van der Waals surface area contributed by atoms with Crippen LogP contribution in [-0.4, -0.2) is 24.3 Å². The smallest absolute Gasteiger partial charge is 0.360 e. The largest absolute Gasteiger partial charge is 0.494 e. The van der Waals surface area contributed by atoms with E-state index in [2.05, 4.69) is 5.16 Å². The number of carbonyl (C=O) groups excluding carboxylic acids is 1. The van der Waals surface area contributed by atoms with Crippen LogP contribution in [0.25, 0.3) is 0 Å². The monoisotopic (exact) mass is 343 g/mol. The third kappa shape index (κ3) is 4.64. The minimum Gasteiger partial charge on any atom is -0.494 e. The van der Waals surface area contributed by atoms with E-state index in [1.165, 1.54) is 0 Å². The number of hydrogen-bond donors (Lipinski definition) is 0. The number of benzene rings is 1. The average Bonchev–Trinajstić information content (AvgIpc) is 2.96. The Labute approximate surface area is 138 Å². The molecule has 22 heavy (non-hydrogen) atoms. The predicted molar refractivity (Wildman–Crippen MR) is 82.7 cm³/mol. The summed E-state index contributed by atoms with van der Waals surface area (Å²) < 4.78 is 15.5. The molecule has 1 aromatic heterocycles. The van der Waals surface area contributed by atoms with E-state index in [0.717, 1.165) is 0 Å². The van der Waals surface area contributed by atoms with Gasteiger partial charge < -0.3 is 14.0 Å². The molecule has 2 rings (SSSR count). The van der Waals surface area contributed by atoms with Crippen LogP contribution in [0.3, 0.4) is 0 Å². The van der Waals surface area contributed by atoms with Gasteiger partial charge in [-0.3, -0.25) is 0 Å². The van der Waals surface area contributed by atoms with Crippen LogP contribution in [0, 0.1) is 0 Å². The lowest BCUT2D eigenvalue weighted by Gasteiger charge is -2.06. The summed E-state index contributed by atoms with van der Waals surface area (Å²) in [5.41, 5.74) is 0.183. The molecule has 0 spiro atoms. The van der Waals surface area contributed by atoms with Gasteiger partial charge in [0.1, 0.15) is 11.5 Å². The Balaban J connectivity index is 1.77. The highest BCUT2D eigenvalue weighted by molar-refractivity contribution is 6.42. The molecule has 0 fully saturated rings. The quantitative estimate of drug-likeness (QED) is 0.557. The summed E-state index contributed by atoms with van der Waals surface area (Å²) in [6, 6.07) is 6.68. The molecule has 0 aliphatic carbocycles. The number of rotatable bonds is 7. The minimum absolute atomic E-state index is 0.183. The van der Waals surface area contributed by atoms with Crippen LogP contribution in [0.1, 0.15) is 29.6 Å². The van der Waals surface area contributed by atoms with Gasteiger partial charge in [-0.15, -0.1) is 0 Å². The molecule has 0 aliphatic rings. The van der Waals surface area contributed by atoms with Gasteiger partial charge in [0.2, 0.25) is 0 Å². The van der Waals surface area contributed by atoms with Crippen molar-refractivity contribution in [2.45, 2.75) is 19.8 Å². The Bertz CT molecular complexity index is 642. The Kier molecular flexibility index (Phi) is 6.10. The molecule has 0 saturated carbocycles. The fraction of sp³-hybridized carbons (Fsp3) is 0.333. The van der Waals surface area contributed by atoms with E-state index >= 15 is 0 Å². The van der Waals surface area contributed by atoms with Crippen LogP contribution in [0.4, 0.5) is 0 Å². The number of hydrogen-bond acceptors (Lipinski definition) is 5. The van der Waals surface area contributed by atoms with E-state index in [1.54, 1.807) is 31.2 Å². The molecule has 1 heterocycles. The first-order valence-corrected chi connectivity index (χ1v) is 7.56. The van der Waals surface area contributed by atoms with Crippen molar-refractivity contribution in [1.29, 1.82) is 0 Å². The summed E-state index contributed by atoms with van der Waals surface area (Å²) in [6.07, 6.45) is 1.31. The zero-order chi connectivity index (χ0) is 15.9. The van der Waals surface area contributed by atoms with Crippen LogP contribution < -0.4 is 4.74 Å². The van der Waals surface area contributed by atoms with E-state index in [-0.39, 0.29) is 5.69 Å². The Hall–Kier alpha value is -1.72. The molecule has 118 valence electrons. The molecular weight excluding hydrogens is 329 g/mol. The van der Waals surface area contributed by atoms with E-state index in [9.17, 15) is 4.79 Å².